The van der Waals surface area contributed by atoms with Crippen molar-refractivity contribution >= 4 is 51.5 Å². The fourth-order valence-corrected chi connectivity index (χ4v) is 6.15. The van der Waals surface area contributed by atoms with Gasteiger partial charge in [0.25, 0.3) is 15.9 Å². The van der Waals surface area contributed by atoms with Crippen LogP contribution in [0.2, 0.25) is 0 Å². The number of piperazine rings is 1. The number of hydroxylamine groups is 1. The molecule has 11 nitrogen and oxygen atoms in total. The Morgan fingerprint density at radius 1 is 1.18 bits per heavy atom. The lowest BCUT2D eigenvalue weighted by Gasteiger charge is -2.49. The third-order valence-electron chi connectivity index (χ3n) is 6.30. The number of nitrogens with zero attached hydrogens (tertiary/aromatic N) is 3. The van der Waals surface area contributed by atoms with Gasteiger partial charge in [0.15, 0.2) is 5.60 Å². The summed E-state index contributed by atoms with van der Waals surface area (Å²) >= 11 is 5.47. The zero-order valence-corrected chi connectivity index (χ0v) is 24.2. The third kappa shape index (κ3) is 6.74. The van der Waals surface area contributed by atoms with Crippen LogP contribution < -0.4 is 10.2 Å². The molecule has 2 heterocycles. The largest absolute Gasteiger partial charge is 0.481 e. The quantitative estimate of drug-likeness (QED) is 0.208. The number of hydrogen-bond donors (Lipinski definition) is 2. The maximum atomic E-state index is 13.7. The molecule has 2 saturated heterocycles. The molecule has 2 fully saturated rings. The summed E-state index contributed by atoms with van der Waals surface area (Å²) < 4.78 is 39.8. The average Bonchev–Trinajstić information content (AvgIpc) is 2.86. The first-order chi connectivity index (χ1) is 17.4. The molecule has 2 aliphatic heterocycles. The van der Waals surface area contributed by atoms with E-state index >= 15 is 0 Å². The van der Waals surface area contributed by atoms with Crippen molar-refractivity contribution in [1.29, 1.82) is 0 Å². The number of carbonyl (C=O) groups is 2. The van der Waals surface area contributed by atoms with Crippen LogP contribution in [0.1, 0.15) is 27.2 Å². The van der Waals surface area contributed by atoms with Gasteiger partial charge in [-0.1, -0.05) is 18.1 Å². The molecule has 1 aromatic carbocycles. The molecule has 14 heteroatoms. The molecule has 38 heavy (non-hydrogen) atoms. The predicted octanol–water partition coefficient (Wildman–Crippen LogP) is 1.05. The number of hydrogen-bond acceptors (Lipinski definition) is 9. The fourth-order valence-electron chi connectivity index (χ4n) is 4.19. The van der Waals surface area contributed by atoms with E-state index in [1.54, 1.807) is 17.3 Å². The van der Waals surface area contributed by atoms with Crippen LogP contribution in [0.5, 0.6) is 5.75 Å². The van der Waals surface area contributed by atoms with Crippen molar-refractivity contribution in [2.24, 2.45) is 0 Å². The molecule has 210 valence electrons. The minimum Gasteiger partial charge on any atom is -0.481 e. The highest BCUT2D eigenvalue weighted by molar-refractivity contribution is 7.91. The summed E-state index contributed by atoms with van der Waals surface area (Å²) in [5, 5.41) is 9.54. The fraction of sp³-hybridized carbons (Fsp3) is 0.542. The van der Waals surface area contributed by atoms with Gasteiger partial charge in [0, 0.05) is 26.2 Å². The number of amides is 2. The Hall–Kier alpha value is -2.47. The van der Waals surface area contributed by atoms with E-state index in [0.29, 0.717) is 31.9 Å². The van der Waals surface area contributed by atoms with Crippen LogP contribution in [0, 0.1) is 11.8 Å². The molecule has 2 N–H and O–H groups in total. The van der Waals surface area contributed by atoms with Crippen LogP contribution >= 0.6 is 24.6 Å². The Bertz CT molecular complexity index is 1210. The molecule has 2 aliphatic rings. The number of ether oxygens (including phenoxy) is 2. The van der Waals surface area contributed by atoms with Gasteiger partial charge >= 0.3 is 0 Å². The highest BCUT2D eigenvalue weighted by atomic mass is 35.5. The summed E-state index contributed by atoms with van der Waals surface area (Å²) in [5.41, 5.74) is -1.90. The van der Waals surface area contributed by atoms with Crippen LogP contribution in [0.4, 0.5) is 0 Å². The van der Waals surface area contributed by atoms with Crippen LogP contribution in [0.3, 0.4) is 0 Å². The lowest BCUT2D eigenvalue weighted by molar-refractivity contribution is -0.181. The third-order valence-corrected chi connectivity index (χ3v) is 8.89. The summed E-state index contributed by atoms with van der Waals surface area (Å²) in [6, 6.07) is 5.70. The van der Waals surface area contributed by atoms with Gasteiger partial charge in [-0.05, 0) is 52.1 Å². The van der Waals surface area contributed by atoms with Gasteiger partial charge < -0.3 is 19.3 Å². The number of morpholine rings is 1. The number of thiocarbonyl (C=S) groups is 1. The number of halogens is 1. The van der Waals surface area contributed by atoms with Gasteiger partial charge in [0.2, 0.25) is 5.91 Å². The lowest BCUT2D eigenvalue weighted by atomic mass is 9.92. The molecule has 0 saturated carbocycles. The smallest absolute Gasteiger partial charge is 0.278 e. The molecule has 1 atom stereocenters. The molecule has 0 aliphatic carbocycles. The van der Waals surface area contributed by atoms with Crippen LogP contribution in [-0.2, 0) is 24.3 Å². The van der Waals surface area contributed by atoms with E-state index in [2.05, 4.69) is 16.7 Å². The second-order valence-electron chi connectivity index (χ2n) is 9.41. The van der Waals surface area contributed by atoms with E-state index in [-0.39, 0.29) is 28.9 Å². The second kappa shape index (κ2) is 12.6. The molecule has 2 amide bonds. The highest BCUT2D eigenvalue weighted by Crippen LogP contribution is 2.37. The minimum absolute atomic E-state index is 0. The molecule has 0 bridgehead atoms. The zero-order chi connectivity index (χ0) is 27.4. The van der Waals surface area contributed by atoms with E-state index in [1.165, 1.54) is 38.1 Å². The Kier molecular flexibility index (Phi) is 10.5. The molecule has 1 aromatic rings. The predicted molar refractivity (Wildman–Crippen MR) is 146 cm³/mol. The first-order valence-corrected chi connectivity index (χ1v) is 13.5. The molecule has 0 spiro atoms. The van der Waals surface area contributed by atoms with E-state index in [1.807, 2.05) is 7.05 Å². The van der Waals surface area contributed by atoms with E-state index in [9.17, 15) is 23.2 Å². The Morgan fingerprint density at radius 2 is 1.79 bits per heavy atom. The van der Waals surface area contributed by atoms with E-state index < -0.39 is 46.0 Å². The van der Waals surface area contributed by atoms with Crippen molar-refractivity contribution in [2.45, 2.75) is 43.3 Å². The van der Waals surface area contributed by atoms with Gasteiger partial charge in [-0.3, -0.25) is 19.1 Å². The summed E-state index contributed by atoms with van der Waals surface area (Å²) in [6.45, 7) is 6.51. The first-order valence-electron chi connectivity index (χ1n) is 11.7. The summed E-state index contributed by atoms with van der Waals surface area (Å²) in [5.74, 6) is 4.46. The van der Waals surface area contributed by atoms with Gasteiger partial charge in [0.05, 0.1) is 17.9 Å². The van der Waals surface area contributed by atoms with E-state index in [4.69, 9.17) is 21.7 Å². The minimum atomic E-state index is -4.27. The lowest BCUT2D eigenvalue weighted by Crippen LogP contribution is -2.69. The highest BCUT2D eigenvalue weighted by Gasteiger charge is 2.56. The summed E-state index contributed by atoms with van der Waals surface area (Å²) in [7, 11) is -2.33. The second-order valence-corrected chi connectivity index (χ2v) is 11.7. The average molecular weight is 589 g/mol. The van der Waals surface area contributed by atoms with Crippen molar-refractivity contribution in [3.05, 3.63) is 24.3 Å². The molecule has 3 rings (SSSR count). The Labute approximate surface area is 234 Å². The standard InChI is InChI=1S/C24H32N4O7S2.ClH/c1-5-6-15-34-18-7-9-19(10-8-18)37(32,33)28-17-24(21(30)25-31,35-23(2,3)22(28)36)16-20(29)27-13-11-26(4)12-14-27;/h7-10,31H,11-17H2,1-4H3,(H,25,30);1H/t24-;/m0./s1. The van der Waals surface area contributed by atoms with Crippen molar-refractivity contribution in [2.75, 3.05) is 46.4 Å². The Morgan fingerprint density at radius 3 is 2.34 bits per heavy atom. The zero-order valence-electron chi connectivity index (χ0n) is 21.7. The molecule has 0 radical (unpaired) electrons. The van der Waals surface area contributed by atoms with Gasteiger partial charge in [0.1, 0.15) is 22.9 Å². The van der Waals surface area contributed by atoms with Crippen LogP contribution in [-0.4, -0.2) is 102 Å². The Balaban J connectivity index is 0.00000507. The number of sulfonamides is 1. The molecule has 0 aromatic heterocycles. The van der Waals surface area contributed by atoms with Gasteiger partial charge in [-0.2, -0.15) is 0 Å². The van der Waals surface area contributed by atoms with Crippen molar-refractivity contribution < 1.29 is 32.7 Å². The molecular weight excluding hydrogens is 556 g/mol. The number of benzene rings is 1. The number of nitrogens with one attached hydrogen (secondary N) is 1. The number of rotatable bonds is 7. The van der Waals surface area contributed by atoms with Crippen molar-refractivity contribution in [3.8, 4) is 17.6 Å². The topological polar surface area (TPSA) is 129 Å². The maximum absolute atomic E-state index is 13.7. The van der Waals surface area contributed by atoms with Gasteiger partial charge in [-0.15, -0.1) is 18.3 Å². The maximum Gasteiger partial charge on any atom is 0.278 e. The molecular formula is C24H33ClN4O7S2. The van der Waals surface area contributed by atoms with Crippen LogP contribution in [0.25, 0.3) is 0 Å². The van der Waals surface area contributed by atoms with Crippen molar-refractivity contribution in [3.63, 3.8) is 0 Å². The van der Waals surface area contributed by atoms with E-state index in [0.717, 1.165) is 4.31 Å². The first kappa shape index (κ1) is 31.7. The normalized spacial score (nSPS) is 21.6. The molecule has 0 unspecified atom stereocenters. The summed E-state index contributed by atoms with van der Waals surface area (Å²) in [6.07, 6.45) is -0.480. The summed E-state index contributed by atoms with van der Waals surface area (Å²) in [4.78, 5) is 29.7. The SMILES string of the molecule is CC#CCOc1ccc(S(=O)(=O)N2C[C@@](CC(=O)N3CCN(C)CC3)(C(=O)NO)OC(C)(C)C2=S)cc1.Cl. The van der Waals surface area contributed by atoms with Crippen molar-refractivity contribution in [1.82, 2.24) is 19.6 Å². The van der Waals surface area contributed by atoms with Gasteiger partial charge in [-0.25, -0.2) is 13.9 Å². The number of likely N-dealkylation sites (N-methyl/N-ethyl adjacent to an activating group) is 1. The number of carbonyl (C=O) groups excluding carboxylic acids is 2. The monoisotopic (exact) mass is 588 g/mol. The van der Waals surface area contributed by atoms with Crippen LogP contribution in [0.15, 0.2) is 29.2 Å².